The van der Waals surface area contributed by atoms with E-state index >= 15 is 0 Å². The molecule has 140 valence electrons. The van der Waals surface area contributed by atoms with Gasteiger partial charge in [-0.2, -0.15) is 0 Å². The van der Waals surface area contributed by atoms with Gasteiger partial charge in [0, 0.05) is 22.4 Å². The second-order valence-corrected chi connectivity index (χ2v) is 7.77. The Labute approximate surface area is 164 Å². The first-order chi connectivity index (χ1) is 13.5. The van der Waals surface area contributed by atoms with Crippen LogP contribution in [0.2, 0.25) is 0 Å². The van der Waals surface area contributed by atoms with Gasteiger partial charge < -0.3 is 5.32 Å². The van der Waals surface area contributed by atoms with Crippen molar-refractivity contribution >= 4 is 21.6 Å². The third kappa shape index (κ3) is 4.86. The summed E-state index contributed by atoms with van der Waals surface area (Å²) in [5.41, 5.74) is 2.48. The Morgan fingerprint density at radius 1 is 0.821 bits per heavy atom. The number of amides is 1. The molecule has 0 spiro atoms. The highest BCUT2D eigenvalue weighted by molar-refractivity contribution is 7.89. The summed E-state index contributed by atoms with van der Waals surface area (Å²) in [5, 5.41) is 2.77. The van der Waals surface area contributed by atoms with Gasteiger partial charge in [-0.25, -0.2) is 13.1 Å². The summed E-state index contributed by atoms with van der Waals surface area (Å²) < 4.78 is 26.1. The quantitative estimate of drug-likeness (QED) is 0.672. The van der Waals surface area contributed by atoms with Crippen molar-refractivity contribution in [2.45, 2.75) is 4.90 Å². The molecular formula is C22H18N2O3S. The van der Waals surface area contributed by atoms with E-state index in [4.69, 9.17) is 0 Å². The summed E-state index contributed by atoms with van der Waals surface area (Å²) in [4.78, 5) is 12.5. The van der Waals surface area contributed by atoms with Gasteiger partial charge in [0.25, 0.3) is 5.91 Å². The van der Waals surface area contributed by atoms with Crippen molar-refractivity contribution in [3.05, 3.63) is 95.6 Å². The van der Waals surface area contributed by atoms with E-state index in [0.29, 0.717) is 5.69 Å². The van der Waals surface area contributed by atoms with Crippen molar-refractivity contribution in [1.29, 1.82) is 0 Å². The second-order valence-electron chi connectivity index (χ2n) is 5.89. The Kier molecular flexibility index (Phi) is 5.90. The van der Waals surface area contributed by atoms with Crippen LogP contribution < -0.4 is 10.0 Å². The average Bonchev–Trinajstić information content (AvgIpc) is 2.73. The largest absolute Gasteiger partial charge is 0.322 e. The number of carbonyl (C=O) groups excluding carboxylic acids is 1. The molecule has 3 rings (SSSR count). The maximum Gasteiger partial charge on any atom is 0.255 e. The normalized spacial score (nSPS) is 10.6. The third-order valence-electron chi connectivity index (χ3n) is 3.92. The molecule has 1 amide bonds. The van der Waals surface area contributed by atoms with E-state index in [1.165, 1.54) is 25.2 Å². The van der Waals surface area contributed by atoms with E-state index in [-0.39, 0.29) is 10.5 Å². The minimum atomic E-state index is -3.62. The molecule has 3 aromatic rings. The van der Waals surface area contributed by atoms with Gasteiger partial charge in [-0.3, -0.25) is 4.79 Å². The van der Waals surface area contributed by atoms with E-state index in [9.17, 15) is 13.2 Å². The first kappa shape index (κ1) is 19.4. The lowest BCUT2D eigenvalue weighted by Gasteiger charge is -2.08. The molecule has 0 aliphatic heterocycles. The second kappa shape index (κ2) is 8.53. The highest BCUT2D eigenvalue weighted by Gasteiger charge is 2.14. The zero-order valence-electron chi connectivity index (χ0n) is 15.1. The number of rotatable bonds is 4. The molecular weight excluding hydrogens is 372 g/mol. The number of hydrogen-bond acceptors (Lipinski definition) is 3. The maximum atomic E-state index is 12.5. The van der Waals surface area contributed by atoms with Crippen LogP contribution in [0.4, 0.5) is 5.69 Å². The maximum absolute atomic E-state index is 12.5. The van der Waals surface area contributed by atoms with Crippen LogP contribution in [0.1, 0.15) is 21.5 Å². The summed E-state index contributed by atoms with van der Waals surface area (Å²) in [5.74, 6) is 5.73. The lowest BCUT2D eigenvalue weighted by molar-refractivity contribution is 0.102. The minimum Gasteiger partial charge on any atom is -0.322 e. The Bertz CT molecular complexity index is 1160. The van der Waals surface area contributed by atoms with Crippen LogP contribution in [-0.4, -0.2) is 21.4 Å². The zero-order valence-corrected chi connectivity index (χ0v) is 16.0. The standard InChI is InChI=1S/C22H18N2O3S/c1-23-28(26,27)21-12-6-10-19(16-21)22(25)24-20-11-5-9-18(15-20)14-13-17-7-3-2-4-8-17/h2-12,15-16,23H,1H3,(H,24,25). The summed E-state index contributed by atoms with van der Waals surface area (Å²) >= 11 is 0. The lowest BCUT2D eigenvalue weighted by Crippen LogP contribution is -2.19. The summed E-state index contributed by atoms with van der Waals surface area (Å²) in [6, 6.07) is 22.6. The summed E-state index contributed by atoms with van der Waals surface area (Å²) in [7, 11) is -2.29. The third-order valence-corrected chi connectivity index (χ3v) is 5.33. The molecule has 0 radical (unpaired) electrons. The predicted octanol–water partition coefficient (Wildman–Crippen LogP) is 3.25. The van der Waals surface area contributed by atoms with E-state index in [0.717, 1.165) is 11.1 Å². The molecule has 5 nitrogen and oxygen atoms in total. The Hall–Kier alpha value is -3.40. The number of nitrogens with one attached hydrogen (secondary N) is 2. The van der Waals surface area contributed by atoms with Crippen LogP contribution in [0.25, 0.3) is 0 Å². The van der Waals surface area contributed by atoms with Gasteiger partial charge in [-0.05, 0) is 55.6 Å². The van der Waals surface area contributed by atoms with E-state index in [1.54, 1.807) is 24.3 Å². The van der Waals surface area contributed by atoms with Gasteiger partial charge in [0.15, 0.2) is 0 Å². The summed E-state index contributed by atoms with van der Waals surface area (Å²) in [6.07, 6.45) is 0. The number of anilines is 1. The van der Waals surface area contributed by atoms with E-state index in [2.05, 4.69) is 21.9 Å². The average molecular weight is 390 g/mol. The molecule has 0 aliphatic rings. The molecule has 0 saturated heterocycles. The monoisotopic (exact) mass is 390 g/mol. The van der Waals surface area contributed by atoms with Gasteiger partial charge in [0.05, 0.1) is 4.90 Å². The van der Waals surface area contributed by atoms with Gasteiger partial charge >= 0.3 is 0 Å². The van der Waals surface area contributed by atoms with Crippen LogP contribution in [0, 0.1) is 11.8 Å². The summed E-state index contributed by atoms with van der Waals surface area (Å²) in [6.45, 7) is 0. The molecule has 0 aliphatic carbocycles. The fraction of sp³-hybridized carbons (Fsp3) is 0.0455. The van der Waals surface area contributed by atoms with Crippen LogP contribution in [0.5, 0.6) is 0 Å². The zero-order chi connectivity index (χ0) is 20.0. The van der Waals surface area contributed by atoms with Crippen molar-refractivity contribution in [1.82, 2.24) is 4.72 Å². The van der Waals surface area contributed by atoms with Gasteiger partial charge in [0.1, 0.15) is 0 Å². The van der Waals surface area contributed by atoms with Crippen molar-refractivity contribution in [3.63, 3.8) is 0 Å². The molecule has 0 bridgehead atoms. The smallest absolute Gasteiger partial charge is 0.255 e. The highest BCUT2D eigenvalue weighted by atomic mass is 32.2. The van der Waals surface area contributed by atoms with Crippen LogP contribution >= 0.6 is 0 Å². The van der Waals surface area contributed by atoms with Gasteiger partial charge in [-0.1, -0.05) is 42.2 Å². The SMILES string of the molecule is CNS(=O)(=O)c1cccc(C(=O)Nc2cccc(C#Cc3ccccc3)c2)c1. The van der Waals surface area contributed by atoms with Crippen LogP contribution in [-0.2, 0) is 10.0 Å². The molecule has 6 heteroatoms. The van der Waals surface area contributed by atoms with Crippen molar-refractivity contribution in [2.24, 2.45) is 0 Å². The van der Waals surface area contributed by atoms with Gasteiger partial charge in [-0.15, -0.1) is 0 Å². The molecule has 0 atom stereocenters. The van der Waals surface area contributed by atoms with Crippen LogP contribution in [0.3, 0.4) is 0 Å². The molecule has 0 fully saturated rings. The molecule has 2 N–H and O–H groups in total. The number of benzene rings is 3. The van der Waals surface area contributed by atoms with Crippen molar-refractivity contribution in [3.8, 4) is 11.8 Å². The minimum absolute atomic E-state index is 0.0325. The molecule has 0 aromatic heterocycles. The molecule has 0 heterocycles. The molecule has 0 saturated carbocycles. The Morgan fingerprint density at radius 2 is 1.50 bits per heavy atom. The van der Waals surface area contributed by atoms with Crippen molar-refractivity contribution < 1.29 is 13.2 Å². The Morgan fingerprint density at radius 3 is 2.25 bits per heavy atom. The first-order valence-electron chi connectivity index (χ1n) is 8.50. The predicted molar refractivity (Wildman–Crippen MR) is 110 cm³/mol. The fourth-order valence-corrected chi connectivity index (χ4v) is 3.24. The number of hydrogen-bond donors (Lipinski definition) is 2. The van der Waals surface area contributed by atoms with Crippen LogP contribution in [0.15, 0.2) is 83.8 Å². The van der Waals surface area contributed by atoms with E-state index < -0.39 is 15.9 Å². The molecule has 3 aromatic carbocycles. The van der Waals surface area contributed by atoms with Crippen molar-refractivity contribution in [2.75, 3.05) is 12.4 Å². The molecule has 28 heavy (non-hydrogen) atoms. The first-order valence-corrected chi connectivity index (χ1v) is 9.98. The fourth-order valence-electron chi connectivity index (χ4n) is 2.47. The van der Waals surface area contributed by atoms with E-state index in [1.807, 2.05) is 36.4 Å². The Balaban J connectivity index is 1.79. The number of carbonyl (C=O) groups is 1. The van der Waals surface area contributed by atoms with Gasteiger partial charge in [0.2, 0.25) is 10.0 Å². The number of sulfonamides is 1. The topological polar surface area (TPSA) is 75.3 Å². The lowest BCUT2D eigenvalue weighted by atomic mass is 10.1. The molecule has 0 unspecified atom stereocenters. The highest BCUT2D eigenvalue weighted by Crippen LogP contribution is 2.15.